The minimum Gasteiger partial charge on any atom is -0.481 e. The van der Waals surface area contributed by atoms with Gasteiger partial charge in [0, 0.05) is 0 Å². The third-order valence-electron chi connectivity index (χ3n) is 2.43. The molecule has 0 aromatic rings. The molecule has 0 amide bonds. The molecule has 1 heterocycles. The van der Waals surface area contributed by atoms with Crippen molar-refractivity contribution in [2.45, 2.75) is 37.1 Å². The van der Waals surface area contributed by atoms with Crippen molar-refractivity contribution in [1.29, 1.82) is 0 Å². The molecule has 1 aliphatic heterocycles. The number of hydrogen-bond donors (Lipinski definition) is 5. The predicted octanol–water partition coefficient (Wildman–Crippen LogP) is -2.72. The highest BCUT2D eigenvalue weighted by molar-refractivity contribution is 5.66. The highest BCUT2D eigenvalue weighted by atomic mass is 16.6. The summed E-state index contributed by atoms with van der Waals surface area (Å²) in [7, 11) is 0. The number of hydrogen-bond acceptors (Lipinski definition) is 7. The second kappa shape index (κ2) is 6.24. The van der Waals surface area contributed by atoms with Gasteiger partial charge < -0.3 is 35.0 Å². The molecule has 8 nitrogen and oxygen atoms in total. The summed E-state index contributed by atoms with van der Waals surface area (Å²) in [6.07, 6.45) is -7.35. The van der Waals surface area contributed by atoms with Gasteiger partial charge in [0.25, 0.3) is 0 Å². The SMILES string of the molecule is O=C(O)CCOC[C@H]1O[C@H](O)[C@H](O)[C@@H](O)[C@@H]1O. The molecule has 1 saturated heterocycles. The molecular formula is C9H16O8. The van der Waals surface area contributed by atoms with Gasteiger partial charge in [-0.25, -0.2) is 0 Å². The number of rotatable bonds is 5. The Morgan fingerprint density at radius 3 is 2.35 bits per heavy atom. The average Bonchev–Trinajstić information content (AvgIpc) is 2.27. The Morgan fingerprint density at radius 1 is 1.12 bits per heavy atom. The third kappa shape index (κ3) is 3.87. The summed E-state index contributed by atoms with van der Waals surface area (Å²) in [5, 5.41) is 45.5. The molecule has 1 rings (SSSR count). The van der Waals surface area contributed by atoms with Crippen molar-refractivity contribution < 1.29 is 39.8 Å². The second-order valence-electron chi connectivity index (χ2n) is 3.76. The molecule has 5 atom stereocenters. The Kier molecular flexibility index (Phi) is 5.25. The van der Waals surface area contributed by atoms with Crippen molar-refractivity contribution in [2.75, 3.05) is 13.2 Å². The first-order valence-corrected chi connectivity index (χ1v) is 5.10. The van der Waals surface area contributed by atoms with Gasteiger partial charge in [0.05, 0.1) is 19.6 Å². The summed E-state index contributed by atoms with van der Waals surface area (Å²) < 4.78 is 9.73. The van der Waals surface area contributed by atoms with E-state index in [1.807, 2.05) is 0 Å². The van der Waals surface area contributed by atoms with Gasteiger partial charge in [-0.3, -0.25) is 4.79 Å². The predicted molar refractivity (Wildman–Crippen MR) is 52.0 cm³/mol. The van der Waals surface area contributed by atoms with Crippen LogP contribution >= 0.6 is 0 Å². The van der Waals surface area contributed by atoms with Gasteiger partial charge in [-0.15, -0.1) is 0 Å². The molecule has 8 heteroatoms. The summed E-state index contributed by atoms with van der Waals surface area (Å²) >= 11 is 0. The minimum atomic E-state index is -1.61. The summed E-state index contributed by atoms with van der Waals surface area (Å²) in [5.41, 5.74) is 0. The monoisotopic (exact) mass is 252 g/mol. The van der Waals surface area contributed by atoms with Gasteiger partial charge >= 0.3 is 5.97 Å². The quantitative estimate of drug-likeness (QED) is 0.333. The van der Waals surface area contributed by atoms with Crippen molar-refractivity contribution in [2.24, 2.45) is 0 Å². The van der Waals surface area contributed by atoms with Crippen molar-refractivity contribution >= 4 is 5.97 Å². The van der Waals surface area contributed by atoms with Crippen LogP contribution in [0, 0.1) is 0 Å². The Labute approximate surface area is 97.0 Å². The molecule has 100 valence electrons. The number of aliphatic carboxylic acids is 1. The van der Waals surface area contributed by atoms with E-state index in [0.717, 1.165) is 0 Å². The lowest BCUT2D eigenvalue weighted by molar-refractivity contribution is -0.288. The Bertz CT molecular complexity index is 257. The fourth-order valence-electron chi connectivity index (χ4n) is 1.43. The van der Waals surface area contributed by atoms with Crippen molar-refractivity contribution in [3.05, 3.63) is 0 Å². The zero-order chi connectivity index (χ0) is 13.0. The molecule has 0 aliphatic carbocycles. The smallest absolute Gasteiger partial charge is 0.305 e. The molecule has 0 aromatic carbocycles. The van der Waals surface area contributed by atoms with Crippen molar-refractivity contribution in [3.63, 3.8) is 0 Å². The van der Waals surface area contributed by atoms with Crippen LogP contribution in [0.3, 0.4) is 0 Å². The zero-order valence-electron chi connectivity index (χ0n) is 8.97. The number of carboxylic acid groups (broad SMARTS) is 1. The first-order valence-electron chi connectivity index (χ1n) is 5.10. The van der Waals surface area contributed by atoms with Crippen LogP contribution in [-0.2, 0) is 14.3 Å². The summed E-state index contributed by atoms with van der Waals surface area (Å²) in [4.78, 5) is 10.2. The zero-order valence-corrected chi connectivity index (χ0v) is 8.97. The lowest BCUT2D eigenvalue weighted by atomic mass is 9.99. The molecule has 0 bridgehead atoms. The van der Waals surface area contributed by atoms with Gasteiger partial charge in [0.2, 0.25) is 0 Å². The molecule has 17 heavy (non-hydrogen) atoms. The van der Waals surface area contributed by atoms with Gasteiger partial charge in [-0.05, 0) is 0 Å². The average molecular weight is 252 g/mol. The van der Waals surface area contributed by atoms with Gasteiger partial charge in [0.1, 0.15) is 24.4 Å². The fraction of sp³-hybridized carbons (Fsp3) is 0.889. The Balaban J connectivity index is 2.35. The van der Waals surface area contributed by atoms with Crippen molar-refractivity contribution in [3.8, 4) is 0 Å². The topological polar surface area (TPSA) is 137 Å². The number of aliphatic hydroxyl groups excluding tert-OH is 4. The van der Waals surface area contributed by atoms with Crippen LogP contribution in [0.25, 0.3) is 0 Å². The van der Waals surface area contributed by atoms with Gasteiger partial charge in [0.15, 0.2) is 6.29 Å². The van der Waals surface area contributed by atoms with E-state index in [2.05, 4.69) is 0 Å². The van der Waals surface area contributed by atoms with Crippen LogP contribution in [-0.4, -0.2) is 75.4 Å². The molecule has 1 fully saturated rings. The van der Waals surface area contributed by atoms with E-state index in [-0.39, 0.29) is 19.6 Å². The van der Waals surface area contributed by atoms with Crippen LogP contribution in [0.1, 0.15) is 6.42 Å². The molecule has 5 N–H and O–H groups in total. The lowest BCUT2D eigenvalue weighted by Gasteiger charge is -2.38. The largest absolute Gasteiger partial charge is 0.481 e. The number of carbonyl (C=O) groups is 1. The highest BCUT2D eigenvalue weighted by Gasteiger charge is 2.42. The maximum Gasteiger partial charge on any atom is 0.305 e. The maximum atomic E-state index is 10.2. The number of ether oxygens (including phenoxy) is 2. The Morgan fingerprint density at radius 2 is 1.76 bits per heavy atom. The van der Waals surface area contributed by atoms with E-state index in [9.17, 15) is 25.2 Å². The fourth-order valence-corrected chi connectivity index (χ4v) is 1.43. The Hall–Kier alpha value is -0.770. The first kappa shape index (κ1) is 14.3. The van der Waals surface area contributed by atoms with E-state index in [1.54, 1.807) is 0 Å². The first-order chi connectivity index (χ1) is 7.93. The molecule has 0 radical (unpaired) electrons. The summed E-state index contributed by atoms with van der Waals surface area (Å²) in [6.45, 7) is -0.258. The van der Waals surface area contributed by atoms with Crippen molar-refractivity contribution in [1.82, 2.24) is 0 Å². The summed E-state index contributed by atoms with van der Waals surface area (Å²) in [6, 6.07) is 0. The van der Waals surface area contributed by atoms with Crippen LogP contribution in [0.15, 0.2) is 0 Å². The second-order valence-corrected chi connectivity index (χ2v) is 3.76. The van der Waals surface area contributed by atoms with E-state index < -0.39 is 36.7 Å². The minimum absolute atomic E-state index is 0.0728. The molecular weight excluding hydrogens is 236 g/mol. The van der Waals surface area contributed by atoms with Crippen LogP contribution in [0.2, 0.25) is 0 Å². The third-order valence-corrected chi connectivity index (χ3v) is 2.43. The number of carboxylic acids is 1. The normalized spacial score (nSPS) is 38.0. The number of aliphatic hydroxyl groups is 4. The van der Waals surface area contributed by atoms with Gasteiger partial charge in [-0.1, -0.05) is 0 Å². The van der Waals surface area contributed by atoms with E-state index >= 15 is 0 Å². The summed E-state index contributed by atoms with van der Waals surface area (Å²) in [5.74, 6) is -1.02. The highest BCUT2D eigenvalue weighted by Crippen LogP contribution is 2.19. The molecule has 1 aliphatic rings. The van der Waals surface area contributed by atoms with Crippen LogP contribution < -0.4 is 0 Å². The molecule has 0 aromatic heterocycles. The van der Waals surface area contributed by atoms with Gasteiger partial charge in [-0.2, -0.15) is 0 Å². The maximum absolute atomic E-state index is 10.2. The van der Waals surface area contributed by atoms with Crippen LogP contribution in [0.4, 0.5) is 0 Å². The van der Waals surface area contributed by atoms with E-state index in [1.165, 1.54) is 0 Å². The standard InChI is InChI=1S/C9H16O8/c10-5(11)1-2-16-3-4-6(12)7(13)8(14)9(15)17-4/h4,6-9,12-15H,1-3H2,(H,10,11)/t4-,6-,7+,8-,9+/m1/s1. The molecule has 0 unspecified atom stereocenters. The van der Waals surface area contributed by atoms with E-state index in [4.69, 9.17) is 14.6 Å². The van der Waals surface area contributed by atoms with E-state index in [0.29, 0.717) is 0 Å². The molecule has 0 spiro atoms. The van der Waals surface area contributed by atoms with Crippen LogP contribution in [0.5, 0.6) is 0 Å². The molecule has 0 saturated carbocycles. The lowest BCUT2D eigenvalue weighted by Crippen LogP contribution is -2.58.